The first-order chi connectivity index (χ1) is 12.5. The van der Waals surface area contributed by atoms with Crippen molar-refractivity contribution in [3.05, 3.63) is 59.2 Å². The van der Waals surface area contributed by atoms with Gasteiger partial charge in [-0.05, 0) is 36.2 Å². The van der Waals surface area contributed by atoms with Gasteiger partial charge in [-0.1, -0.05) is 24.3 Å². The van der Waals surface area contributed by atoms with Gasteiger partial charge in [0, 0.05) is 41.7 Å². The maximum absolute atomic E-state index is 12.8. The second-order valence-electron chi connectivity index (χ2n) is 6.05. The van der Waals surface area contributed by atoms with Crippen LogP contribution in [0.4, 0.5) is 0 Å². The normalized spacial score (nSPS) is 13.6. The fourth-order valence-corrected chi connectivity index (χ4v) is 3.27. The van der Waals surface area contributed by atoms with E-state index in [1.807, 2.05) is 25.1 Å². The molecule has 1 amide bonds. The van der Waals surface area contributed by atoms with Gasteiger partial charge in [0.2, 0.25) is 0 Å². The van der Waals surface area contributed by atoms with Gasteiger partial charge in [-0.3, -0.25) is 9.59 Å². The fraction of sp³-hybridized carbons (Fsp3) is 0.300. The van der Waals surface area contributed by atoms with E-state index in [9.17, 15) is 14.7 Å². The minimum atomic E-state index is -0.965. The van der Waals surface area contributed by atoms with Crippen LogP contribution in [0, 0.1) is 0 Å². The van der Waals surface area contributed by atoms with Crippen molar-refractivity contribution >= 4 is 41.4 Å². The minimum absolute atomic E-state index is 0. The molecule has 2 aromatic carbocycles. The number of amides is 1. The van der Waals surface area contributed by atoms with Crippen molar-refractivity contribution in [2.24, 2.45) is 0 Å². The summed E-state index contributed by atoms with van der Waals surface area (Å²) in [6.45, 7) is 2.71. The fourth-order valence-electron chi connectivity index (χ4n) is 3.27. The van der Waals surface area contributed by atoms with Crippen LogP contribution in [0.25, 0.3) is 0 Å². The van der Waals surface area contributed by atoms with Gasteiger partial charge >= 0.3 is 5.97 Å². The topological polar surface area (TPSA) is 76.1 Å². The molecule has 137 valence electrons. The summed E-state index contributed by atoms with van der Waals surface area (Å²) in [5, 5.41) is 9.39. The number of carbonyl (C=O) groups is 2. The summed E-state index contributed by atoms with van der Waals surface area (Å²) in [5.41, 5.74) is 2.24. The Bertz CT molecular complexity index is 839. The number of nitrogens with zero attached hydrogens (tertiary/aromatic N) is 1. The van der Waals surface area contributed by atoms with E-state index < -0.39 is 12.0 Å². The number of ether oxygens (including phenoxy) is 2. The second kappa shape index (κ2) is 9.26. The molecule has 0 aliphatic carbocycles. The van der Waals surface area contributed by atoms with E-state index in [2.05, 4.69) is 0 Å². The van der Waals surface area contributed by atoms with Gasteiger partial charge < -0.3 is 19.5 Å². The van der Waals surface area contributed by atoms with E-state index in [4.69, 9.17) is 9.47 Å². The smallest absolute Gasteiger partial charge is 0.305 e. The first kappa shape index (κ1) is 21.3. The number of carboxylic acids is 1. The van der Waals surface area contributed by atoms with Crippen molar-refractivity contribution in [2.45, 2.75) is 25.9 Å². The summed E-state index contributed by atoms with van der Waals surface area (Å²) < 4.78 is 10.9. The SMILES string of the molecule is CCOc1cc(C(CC(=O)O)N2Cc3ccccc3C2=O)ccc1OC.[Na]. The van der Waals surface area contributed by atoms with Crippen LogP contribution >= 0.6 is 0 Å². The quantitative estimate of drug-likeness (QED) is 0.750. The summed E-state index contributed by atoms with van der Waals surface area (Å²) >= 11 is 0. The van der Waals surface area contributed by atoms with E-state index in [0.29, 0.717) is 35.8 Å². The molecule has 1 radical (unpaired) electrons. The standard InChI is InChI=1S/C20H21NO5.Na/c1-3-26-18-10-13(8-9-17(18)25-2)16(11-19(22)23)21-12-14-6-4-5-7-15(14)20(21)24;/h4-10,16H,3,11-12H2,1-2H3,(H,22,23);. The van der Waals surface area contributed by atoms with Crippen LogP contribution in [0.2, 0.25) is 0 Å². The van der Waals surface area contributed by atoms with E-state index in [1.54, 1.807) is 36.3 Å². The van der Waals surface area contributed by atoms with Gasteiger partial charge in [-0.25, -0.2) is 0 Å². The number of carboxylic acid groups (broad SMARTS) is 1. The largest absolute Gasteiger partial charge is 0.493 e. The summed E-state index contributed by atoms with van der Waals surface area (Å²) in [4.78, 5) is 25.9. The van der Waals surface area contributed by atoms with Crippen molar-refractivity contribution in [2.75, 3.05) is 13.7 Å². The second-order valence-corrected chi connectivity index (χ2v) is 6.05. The molecule has 0 aromatic heterocycles. The van der Waals surface area contributed by atoms with Crippen molar-refractivity contribution in [3.8, 4) is 11.5 Å². The van der Waals surface area contributed by atoms with Gasteiger partial charge in [0.05, 0.1) is 26.2 Å². The Morgan fingerprint density at radius 1 is 1.22 bits per heavy atom. The molecule has 7 heteroatoms. The zero-order valence-electron chi connectivity index (χ0n) is 15.8. The summed E-state index contributed by atoms with van der Waals surface area (Å²) in [7, 11) is 1.55. The van der Waals surface area contributed by atoms with Crippen LogP contribution in [0.3, 0.4) is 0 Å². The van der Waals surface area contributed by atoms with Crippen LogP contribution < -0.4 is 9.47 Å². The zero-order valence-corrected chi connectivity index (χ0v) is 17.8. The molecule has 1 aliphatic heterocycles. The number of hydrogen-bond acceptors (Lipinski definition) is 4. The number of fused-ring (bicyclic) bond motifs is 1. The third-order valence-corrected chi connectivity index (χ3v) is 4.47. The molecule has 2 aromatic rings. The maximum atomic E-state index is 12.8. The van der Waals surface area contributed by atoms with Gasteiger partial charge in [-0.15, -0.1) is 0 Å². The monoisotopic (exact) mass is 378 g/mol. The molecule has 0 saturated carbocycles. The maximum Gasteiger partial charge on any atom is 0.305 e. The third-order valence-electron chi connectivity index (χ3n) is 4.47. The molecular weight excluding hydrogens is 357 g/mol. The van der Waals surface area contributed by atoms with E-state index >= 15 is 0 Å². The van der Waals surface area contributed by atoms with E-state index in [1.165, 1.54) is 0 Å². The molecule has 1 heterocycles. The van der Waals surface area contributed by atoms with Crippen LogP contribution in [-0.2, 0) is 11.3 Å². The van der Waals surface area contributed by atoms with Gasteiger partial charge in [0.25, 0.3) is 5.91 Å². The molecule has 6 nitrogen and oxygen atoms in total. The van der Waals surface area contributed by atoms with E-state index in [0.717, 1.165) is 5.56 Å². The Labute approximate surface area is 180 Å². The van der Waals surface area contributed by atoms with Crippen molar-refractivity contribution in [3.63, 3.8) is 0 Å². The Kier molecular flexibility index (Phi) is 7.30. The molecule has 27 heavy (non-hydrogen) atoms. The van der Waals surface area contributed by atoms with Gasteiger partial charge in [0.1, 0.15) is 0 Å². The Balaban J connectivity index is 0.00000261. The molecule has 1 N–H and O–H groups in total. The average molecular weight is 378 g/mol. The molecule has 0 spiro atoms. The Morgan fingerprint density at radius 3 is 2.59 bits per heavy atom. The molecular formula is C20H21NNaO5. The van der Waals surface area contributed by atoms with Crippen LogP contribution in [0.5, 0.6) is 11.5 Å². The summed E-state index contributed by atoms with van der Waals surface area (Å²) in [5.74, 6) is -0.0130. The van der Waals surface area contributed by atoms with Crippen molar-refractivity contribution in [1.29, 1.82) is 0 Å². The average Bonchev–Trinajstić information content (AvgIpc) is 2.97. The van der Waals surface area contributed by atoms with Crippen molar-refractivity contribution < 1.29 is 24.2 Å². The first-order valence-corrected chi connectivity index (χ1v) is 8.46. The minimum Gasteiger partial charge on any atom is -0.493 e. The number of aliphatic carboxylic acids is 1. The predicted octanol–water partition coefficient (Wildman–Crippen LogP) is 2.88. The number of carbonyl (C=O) groups excluding carboxylic acids is 1. The number of hydrogen-bond donors (Lipinski definition) is 1. The molecule has 1 aliphatic rings. The number of rotatable bonds is 7. The van der Waals surface area contributed by atoms with Crippen LogP contribution in [-0.4, -0.2) is 65.2 Å². The van der Waals surface area contributed by atoms with Gasteiger partial charge in [-0.2, -0.15) is 0 Å². The van der Waals surface area contributed by atoms with Crippen LogP contribution in [0.1, 0.15) is 40.9 Å². The molecule has 0 saturated heterocycles. The summed E-state index contributed by atoms with van der Waals surface area (Å²) in [6, 6.07) is 12.0. The molecule has 3 rings (SSSR count). The van der Waals surface area contributed by atoms with Crippen LogP contribution in [0.15, 0.2) is 42.5 Å². The van der Waals surface area contributed by atoms with Gasteiger partial charge in [0.15, 0.2) is 11.5 Å². The predicted molar refractivity (Wildman–Crippen MR) is 101 cm³/mol. The third kappa shape index (κ3) is 4.46. The molecule has 0 bridgehead atoms. The number of benzene rings is 2. The Hall–Kier alpha value is -2.02. The van der Waals surface area contributed by atoms with E-state index in [-0.39, 0.29) is 41.9 Å². The Morgan fingerprint density at radius 2 is 1.96 bits per heavy atom. The summed E-state index contributed by atoms with van der Waals surface area (Å²) in [6.07, 6.45) is -0.183. The molecule has 1 atom stereocenters. The molecule has 1 unspecified atom stereocenters. The first-order valence-electron chi connectivity index (χ1n) is 8.46. The molecule has 0 fully saturated rings. The zero-order chi connectivity index (χ0) is 18.7. The van der Waals surface area contributed by atoms with Crippen molar-refractivity contribution in [1.82, 2.24) is 4.90 Å². The number of methoxy groups -OCH3 is 1.